The zero-order chi connectivity index (χ0) is 25.7. The summed E-state index contributed by atoms with van der Waals surface area (Å²) in [7, 11) is 0. The van der Waals surface area contributed by atoms with Gasteiger partial charge in [-0.15, -0.1) is 5.10 Å². The SMILES string of the molecule is CC(C)c1cnn(-c2ccc(NC(=O)C3(c4ccc(C(F)(F)F)cc4F)CC3)cc2-c2nnn[nH]2)c1. The van der Waals surface area contributed by atoms with Crippen molar-refractivity contribution in [1.82, 2.24) is 30.4 Å². The number of alkyl halides is 3. The fraction of sp³-hybridized carbons (Fsp3) is 0.292. The lowest BCUT2D eigenvalue weighted by atomic mass is 9.93. The standard InChI is InChI=1S/C24H21F4N7O/c1-13(2)14-11-29-35(12-14)20-6-4-16(10-17(20)21-31-33-34-32-21)30-22(36)23(7-8-23)18-5-3-15(9-19(18)25)24(26,27)28/h3-6,9-13H,7-8H2,1-2H3,(H,30,36)(H,31,32,33,34). The van der Waals surface area contributed by atoms with Crippen LogP contribution in [-0.2, 0) is 16.4 Å². The number of anilines is 1. The second-order valence-corrected chi connectivity index (χ2v) is 9.08. The Morgan fingerprint density at radius 2 is 1.94 bits per heavy atom. The molecular formula is C24H21F4N7O. The van der Waals surface area contributed by atoms with Crippen LogP contribution in [0.25, 0.3) is 17.1 Å². The molecule has 2 N–H and O–H groups in total. The first kappa shape index (κ1) is 23.6. The average molecular weight is 499 g/mol. The number of halogens is 4. The smallest absolute Gasteiger partial charge is 0.325 e. The largest absolute Gasteiger partial charge is 0.416 e. The van der Waals surface area contributed by atoms with Crippen LogP contribution in [0.4, 0.5) is 23.2 Å². The van der Waals surface area contributed by atoms with Gasteiger partial charge in [0.1, 0.15) is 5.82 Å². The van der Waals surface area contributed by atoms with Gasteiger partial charge < -0.3 is 5.32 Å². The maximum atomic E-state index is 14.6. The number of amides is 1. The number of benzene rings is 2. The van der Waals surface area contributed by atoms with Crippen LogP contribution in [0.5, 0.6) is 0 Å². The summed E-state index contributed by atoms with van der Waals surface area (Å²) in [5.74, 6) is -0.941. The van der Waals surface area contributed by atoms with Gasteiger partial charge in [-0.3, -0.25) is 4.79 Å². The number of hydrogen-bond donors (Lipinski definition) is 2. The topological polar surface area (TPSA) is 101 Å². The number of carbonyl (C=O) groups is 1. The zero-order valence-corrected chi connectivity index (χ0v) is 19.3. The van der Waals surface area contributed by atoms with E-state index in [-0.39, 0.29) is 11.5 Å². The molecule has 1 fully saturated rings. The summed E-state index contributed by atoms with van der Waals surface area (Å²) in [5, 5.41) is 21.1. The van der Waals surface area contributed by atoms with E-state index in [0.29, 0.717) is 41.7 Å². The third-order valence-corrected chi connectivity index (χ3v) is 6.37. The number of aromatic amines is 1. The molecule has 1 aliphatic carbocycles. The molecule has 1 aliphatic rings. The van der Waals surface area contributed by atoms with Crippen molar-refractivity contribution < 1.29 is 22.4 Å². The van der Waals surface area contributed by atoms with E-state index in [1.807, 2.05) is 6.20 Å². The van der Waals surface area contributed by atoms with Crippen molar-refractivity contribution in [2.24, 2.45) is 0 Å². The molecule has 36 heavy (non-hydrogen) atoms. The first-order valence-corrected chi connectivity index (χ1v) is 11.2. The lowest BCUT2D eigenvalue weighted by Gasteiger charge is -2.18. The monoisotopic (exact) mass is 499 g/mol. The molecule has 8 nitrogen and oxygen atoms in total. The normalized spacial score (nSPS) is 14.8. The molecule has 0 radical (unpaired) electrons. The summed E-state index contributed by atoms with van der Waals surface area (Å²) in [6.07, 6.45) is -0.375. The highest BCUT2D eigenvalue weighted by atomic mass is 19.4. The molecule has 5 rings (SSSR count). The number of hydrogen-bond acceptors (Lipinski definition) is 5. The van der Waals surface area contributed by atoms with Crippen LogP contribution in [0, 0.1) is 5.82 Å². The number of rotatable bonds is 6. The van der Waals surface area contributed by atoms with Crippen molar-refractivity contribution in [3.05, 3.63) is 71.3 Å². The number of tetrazole rings is 1. The molecule has 186 valence electrons. The van der Waals surface area contributed by atoms with Crippen molar-refractivity contribution in [3.8, 4) is 17.1 Å². The van der Waals surface area contributed by atoms with Crippen LogP contribution < -0.4 is 5.32 Å². The molecule has 2 aromatic heterocycles. The Morgan fingerprint density at radius 1 is 1.17 bits per heavy atom. The molecule has 1 amide bonds. The number of aromatic nitrogens is 6. The Bertz CT molecular complexity index is 1420. The van der Waals surface area contributed by atoms with Gasteiger partial charge in [0.25, 0.3) is 0 Å². The quantitative estimate of drug-likeness (QED) is 0.364. The van der Waals surface area contributed by atoms with Gasteiger partial charge in [-0.05, 0) is 65.1 Å². The van der Waals surface area contributed by atoms with E-state index in [2.05, 4.69) is 44.9 Å². The van der Waals surface area contributed by atoms with Crippen molar-refractivity contribution >= 4 is 11.6 Å². The minimum atomic E-state index is -4.67. The Kier molecular flexibility index (Phi) is 5.61. The van der Waals surface area contributed by atoms with E-state index in [9.17, 15) is 22.4 Å². The third-order valence-electron chi connectivity index (χ3n) is 6.37. The van der Waals surface area contributed by atoms with Gasteiger partial charge in [0.05, 0.1) is 22.9 Å². The van der Waals surface area contributed by atoms with Gasteiger partial charge in [0.15, 0.2) is 5.82 Å². The molecule has 2 heterocycles. The van der Waals surface area contributed by atoms with Crippen molar-refractivity contribution in [2.45, 2.75) is 44.2 Å². The Balaban J connectivity index is 1.45. The van der Waals surface area contributed by atoms with E-state index >= 15 is 0 Å². The Labute approximate surface area is 202 Å². The maximum Gasteiger partial charge on any atom is 0.416 e. The highest BCUT2D eigenvalue weighted by molar-refractivity contribution is 6.02. The number of nitrogens with one attached hydrogen (secondary N) is 2. The molecule has 12 heteroatoms. The second kappa shape index (κ2) is 8.54. The first-order chi connectivity index (χ1) is 17.1. The minimum Gasteiger partial charge on any atom is -0.325 e. The summed E-state index contributed by atoms with van der Waals surface area (Å²) >= 11 is 0. The van der Waals surface area contributed by atoms with E-state index in [4.69, 9.17) is 0 Å². The highest BCUT2D eigenvalue weighted by Crippen LogP contribution is 2.50. The summed E-state index contributed by atoms with van der Waals surface area (Å²) in [6.45, 7) is 4.10. The van der Waals surface area contributed by atoms with Crippen LogP contribution in [0.15, 0.2) is 48.8 Å². The molecule has 1 saturated carbocycles. The molecule has 0 aliphatic heterocycles. The molecule has 0 spiro atoms. The van der Waals surface area contributed by atoms with Crippen molar-refractivity contribution in [2.75, 3.05) is 5.32 Å². The lowest BCUT2D eigenvalue weighted by molar-refractivity contribution is -0.137. The fourth-order valence-electron chi connectivity index (χ4n) is 4.12. The molecule has 0 atom stereocenters. The summed E-state index contributed by atoms with van der Waals surface area (Å²) in [5.41, 5.74) is 0.264. The summed E-state index contributed by atoms with van der Waals surface area (Å²) < 4.78 is 55.1. The van der Waals surface area contributed by atoms with E-state index < -0.39 is 28.9 Å². The Hall–Kier alpha value is -4.09. The fourth-order valence-corrected chi connectivity index (χ4v) is 4.12. The van der Waals surface area contributed by atoms with Crippen LogP contribution in [0.2, 0.25) is 0 Å². The van der Waals surface area contributed by atoms with Gasteiger partial charge in [0, 0.05) is 23.0 Å². The van der Waals surface area contributed by atoms with Gasteiger partial charge in [0.2, 0.25) is 5.91 Å². The van der Waals surface area contributed by atoms with Gasteiger partial charge >= 0.3 is 6.18 Å². The molecule has 0 saturated heterocycles. The number of nitrogens with zero attached hydrogens (tertiary/aromatic N) is 5. The predicted octanol–water partition coefficient (Wildman–Crippen LogP) is 5.00. The molecule has 0 bridgehead atoms. The Morgan fingerprint density at radius 3 is 2.53 bits per heavy atom. The summed E-state index contributed by atoms with van der Waals surface area (Å²) in [4.78, 5) is 13.2. The van der Waals surface area contributed by atoms with Crippen LogP contribution in [0.3, 0.4) is 0 Å². The van der Waals surface area contributed by atoms with Gasteiger partial charge in [-0.2, -0.15) is 18.3 Å². The maximum absolute atomic E-state index is 14.6. The molecule has 0 unspecified atom stereocenters. The van der Waals surface area contributed by atoms with Crippen molar-refractivity contribution in [1.29, 1.82) is 0 Å². The number of H-pyrrole nitrogens is 1. The van der Waals surface area contributed by atoms with Gasteiger partial charge in [-0.25, -0.2) is 14.2 Å². The summed E-state index contributed by atoms with van der Waals surface area (Å²) in [6, 6.07) is 7.33. The predicted molar refractivity (Wildman–Crippen MR) is 122 cm³/mol. The third kappa shape index (κ3) is 4.23. The minimum absolute atomic E-state index is 0.0537. The van der Waals surface area contributed by atoms with E-state index in [0.717, 1.165) is 17.7 Å². The second-order valence-electron chi connectivity index (χ2n) is 9.08. The van der Waals surface area contributed by atoms with Crippen LogP contribution in [-0.4, -0.2) is 36.3 Å². The van der Waals surface area contributed by atoms with E-state index in [1.54, 1.807) is 29.1 Å². The molecule has 4 aromatic rings. The van der Waals surface area contributed by atoms with Crippen LogP contribution >= 0.6 is 0 Å². The first-order valence-electron chi connectivity index (χ1n) is 11.2. The van der Waals surface area contributed by atoms with Crippen LogP contribution in [0.1, 0.15) is 49.3 Å². The highest BCUT2D eigenvalue weighted by Gasteiger charge is 2.53. The zero-order valence-electron chi connectivity index (χ0n) is 19.3. The van der Waals surface area contributed by atoms with Crippen molar-refractivity contribution in [3.63, 3.8) is 0 Å². The lowest BCUT2D eigenvalue weighted by Crippen LogP contribution is -2.29. The van der Waals surface area contributed by atoms with Gasteiger partial charge in [-0.1, -0.05) is 19.9 Å². The molecular weight excluding hydrogens is 478 g/mol. The molecule has 2 aromatic carbocycles. The average Bonchev–Trinajstić information content (AvgIpc) is 3.21. The number of carbonyl (C=O) groups excluding carboxylic acids is 1. The van der Waals surface area contributed by atoms with E-state index in [1.165, 1.54) is 0 Å².